The van der Waals surface area contributed by atoms with Crippen molar-refractivity contribution in [3.8, 4) is 0 Å². The van der Waals surface area contributed by atoms with Gasteiger partial charge in [0.1, 0.15) is 0 Å². The first-order valence-electron chi connectivity index (χ1n) is 5.96. The van der Waals surface area contributed by atoms with Crippen LogP contribution in [-0.2, 0) is 0 Å². The monoisotopic (exact) mass is 254 g/mol. The molecule has 2 heterocycles. The predicted octanol–water partition coefficient (Wildman–Crippen LogP) is 3.39. The number of nitrogens with zero attached hydrogens (tertiary/aromatic N) is 1. The first-order valence-corrected chi connectivity index (χ1v) is 6.84. The third-order valence-electron chi connectivity index (χ3n) is 3.20. The van der Waals surface area contributed by atoms with E-state index in [0.717, 1.165) is 0 Å². The number of thiophene rings is 1. The van der Waals surface area contributed by atoms with E-state index >= 15 is 0 Å². The minimum absolute atomic E-state index is 0.262. The summed E-state index contributed by atoms with van der Waals surface area (Å²) in [5.74, 6) is 0.262. The smallest absolute Gasteiger partial charge is 0.0313 e. The average molecular weight is 254 g/mol. The van der Waals surface area contributed by atoms with Crippen molar-refractivity contribution in [3.63, 3.8) is 0 Å². The van der Waals surface area contributed by atoms with Crippen molar-refractivity contribution in [1.29, 1.82) is 0 Å². The Labute approximate surface area is 110 Å². The fraction of sp³-hybridized carbons (Fsp3) is 0.133. The van der Waals surface area contributed by atoms with Crippen molar-refractivity contribution in [2.45, 2.75) is 5.92 Å². The van der Waals surface area contributed by atoms with Crippen LogP contribution < -0.4 is 5.73 Å². The molecule has 1 aromatic carbocycles. The minimum atomic E-state index is 0.262. The molecule has 0 saturated heterocycles. The van der Waals surface area contributed by atoms with Crippen molar-refractivity contribution < 1.29 is 0 Å². The van der Waals surface area contributed by atoms with Gasteiger partial charge >= 0.3 is 0 Å². The maximum absolute atomic E-state index is 5.97. The molecule has 2 aromatic heterocycles. The topological polar surface area (TPSA) is 38.9 Å². The normalized spacial score (nSPS) is 12.7. The van der Waals surface area contributed by atoms with Gasteiger partial charge in [-0.3, -0.25) is 4.98 Å². The van der Waals surface area contributed by atoms with E-state index in [0.29, 0.717) is 6.54 Å². The summed E-state index contributed by atoms with van der Waals surface area (Å²) in [6, 6.07) is 12.6. The maximum Gasteiger partial charge on any atom is 0.0313 e. The molecule has 0 aliphatic carbocycles. The Bertz CT molecular complexity index is 646. The van der Waals surface area contributed by atoms with Crippen molar-refractivity contribution in [3.05, 3.63) is 64.6 Å². The van der Waals surface area contributed by atoms with Gasteiger partial charge in [0.15, 0.2) is 0 Å². The fourth-order valence-corrected chi connectivity index (χ4v) is 3.44. The number of hydrogen-bond acceptors (Lipinski definition) is 3. The van der Waals surface area contributed by atoms with Gasteiger partial charge in [-0.1, -0.05) is 24.3 Å². The van der Waals surface area contributed by atoms with E-state index in [-0.39, 0.29) is 5.92 Å². The van der Waals surface area contributed by atoms with E-state index in [1.165, 1.54) is 21.2 Å². The Morgan fingerprint density at radius 3 is 2.67 bits per heavy atom. The number of fused-ring (bicyclic) bond motifs is 1. The van der Waals surface area contributed by atoms with Crippen LogP contribution in [0.4, 0.5) is 0 Å². The second-order valence-corrected chi connectivity index (χ2v) is 5.17. The zero-order chi connectivity index (χ0) is 12.4. The highest BCUT2D eigenvalue weighted by molar-refractivity contribution is 7.11. The van der Waals surface area contributed by atoms with Crippen LogP contribution in [0.2, 0.25) is 0 Å². The Morgan fingerprint density at radius 1 is 1.11 bits per heavy atom. The molecule has 0 spiro atoms. The first kappa shape index (κ1) is 11.4. The lowest BCUT2D eigenvalue weighted by Gasteiger charge is -2.14. The van der Waals surface area contributed by atoms with E-state index in [1.807, 2.05) is 24.5 Å². The number of rotatable bonds is 3. The molecule has 3 rings (SSSR count). The molecule has 0 aliphatic heterocycles. The molecular weight excluding hydrogens is 240 g/mol. The van der Waals surface area contributed by atoms with Gasteiger partial charge < -0.3 is 5.73 Å². The van der Waals surface area contributed by atoms with E-state index in [2.05, 4.69) is 34.6 Å². The predicted molar refractivity (Wildman–Crippen MR) is 77.0 cm³/mol. The Morgan fingerprint density at radius 2 is 1.89 bits per heavy atom. The van der Waals surface area contributed by atoms with E-state index in [4.69, 9.17) is 5.73 Å². The summed E-state index contributed by atoms with van der Waals surface area (Å²) in [5, 5.41) is 4.81. The van der Waals surface area contributed by atoms with Gasteiger partial charge in [0.2, 0.25) is 0 Å². The molecule has 1 atom stereocenters. The highest BCUT2D eigenvalue weighted by atomic mass is 32.1. The molecule has 1 unspecified atom stereocenters. The van der Waals surface area contributed by atoms with E-state index < -0.39 is 0 Å². The SMILES string of the molecule is NCC(c1ccncc1)c1scc2ccccc12. The molecule has 0 amide bonds. The summed E-state index contributed by atoms with van der Waals surface area (Å²) in [7, 11) is 0. The molecule has 3 heteroatoms. The molecule has 0 bridgehead atoms. The van der Waals surface area contributed by atoms with E-state index in [1.54, 1.807) is 11.3 Å². The summed E-state index contributed by atoms with van der Waals surface area (Å²) in [6.07, 6.45) is 3.65. The van der Waals surface area contributed by atoms with Crippen LogP contribution in [0.5, 0.6) is 0 Å². The van der Waals surface area contributed by atoms with Crippen LogP contribution in [0, 0.1) is 0 Å². The third-order valence-corrected chi connectivity index (χ3v) is 4.33. The van der Waals surface area contributed by atoms with Gasteiger partial charge in [0, 0.05) is 29.7 Å². The number of pyridine rings is 1. The van der Waals surface area contributed by atoms with Crippen LogP contribution in [-0.4, -0.2) is 11.5 Å². The standard InChI is InChI=1S/C15H14N2S/c16-9-14(11-5-7-17-8-6-11)15-13-4-2-1-3-12(13)10-18-15/h1-8,10,14H,9,16H2. The molecule has 2 N–H and O–H groups in total. The van der Waals surface area contributed by atoms with Gasteiger partial charge in [-0.15, -0.1) is 11.3 Å². The molecule has 3 aromatic rings. The summed E-state index contributed by atoms with van der Waals surface area (Å²) in [5.41, 5.74) is 7.21. The number of aromatic nitrogens is 1. The molecule has 90 valence electrons. The molecular formula is C15H14N2S. The summed E-state index contributed by atoms with van der Waals surface area (Å²) in [4.78, 5) is 5.41. The summed E-state index contributed by atoms with van der Waals surface area (Å²) < 4.78 is 0. The first-order chi connectivity index (χ1) is 8.90. The summed E-state index contributed by atoms with van der Waals surface area (Å²) >= 11 is 1.79. The van der Waals surface area contributed by atoms with Crippen molar-refractivity contribution in [1.82, 2.24) is 4.98 Å². The molecule has 2 nitrogen and oxygen atoms in total. The lowest BCUT2D eigenvalue weighted by atomic mass is 9.96. The minimum Gasteiger partial charge on any atom is -0.329 e. The number of benzene rings is 1. The van der Waals surface area contributed by atoms with Gasteiger partial charge in [0.25, 0.3) is 0 Å². The van der Waals surface area contributed by atoms with Crippen LogP contribution in [0.1, 0.15) is 16.4 Å². The molecule has 0 aliphatic rings. The van der Waals surface area contributed by atoms with Crippen LogP contribution in [0.25, 0.3) is 10.8 Å². The van der Waals surface area contributed by atoms with Crippen molar-refractivity contribution >= 4 is 22.1 Å². The zero-order valence-electron chi connectivity index (χ0n) is 9.91. The lowest BCUT2D eigenvalue weighted by Crippen LogP contribution is -2.12. The fourth-order valence-electron chi connectivity index (χ4n) is 2.27. The maximum atomic E-state index is 5.97. The van der Waals surface area contributed by atoms with Crippen molar-refractivity contribution in [2.24, 2.45) is 5.73 Å². The highest BCUT2D eigenvalue weighted by Crippen LogP contribution is 2.34. The number of nitrogens with two attached hydrogens (primary N) is 1. The molecule has 0 saturated carbocycles. The van der Waals surface area contributed by atoms with E-state index in [9.17, 15) is 0 Å². The zero-order valence-corrected chi connectivity index (χ0v) is 10.7. The van der Waals surface area contributed by atoms with Gasteiger partial charge in [-0.05, 0) is 33.8 Å². The summed E-state index contributed by atoms with van der Waals surface area (Å²) in [6.45, 7) is 0.620. The van der Waals surface area contributed by atoms with Crippen LogP contribution in [0.15, 0.2) is 54.2 Å². The van der Waals surface area contributed by atoms with Gasteiger partial charge in [-0.2, -0.15) is 0 Å². The highest BCUT2D eigenvalue weighted by Gasteiger charge is 2.16. The second-order valence-electron chi connectivity index (χ2n) is 4.26. The van der Waals surface area contributed by atoms with Crippen LogP contribution in [0.3, 0.4) is 0 Å². The average Bonchev–Trinajstić information content (AvgIpc) is 2.85. The molecule has 18 heavy (non-hydrogen) atoms. The van der Waals surface area contributed by atoms with Gasteiger partial charge in [-0.25, -0.2) is 0 Å². The third kappa shape index (κ3) is 1.92. The molecule has 0 fully saturated rings. The lowest BCUT2D eigenvalue weighted by molar-refractivity contribution is 0.838. The quantitative estimate of drug-likeness (QED) is 0.778. The van der Waals surface area contributed by atoms with Gasteiger partial charge in [0.05, 0.1) is 0 Å². The van der Waals surface area contributed by atoms with Crippen molar-refractivity contribution in [2.75, 3.05) is 6.54 Å². The second kappa shape index (κ2) is 4.88. The Balaban J connectivity index is 2.12. The number of hydrogen-bond donors (Lipinski definition) is 1. The Kier molecular flexibility index (Phi) is 3.09. The molecule has 0 radical (unpaired) electrons. The van der Waals surface area contributed by atoms with Crippen LogP contribution >= 0.6 is 11.3 Å². The largest absolute Gasteiger partial charge is 0.329 e. The Hall–Kier alpha value is -1.71.